The molecule has 2 rings (SSSR count). The molecule has 5 heteroatoms. The zero-order valence-corrected chi connectivity index (χ0v) is 10.2. The zero-order chi connectivity index (χ0) is 13.3. The molecule has 0 radical (unpaired) electrons. The number of Topliss-reactive ketones (excluding diaryl/α,β-unsaturated/α-hetero) is 1. The van der Waals surface area contributed by atoms with Gasteiger partial charge < -0.3 is 9.52 Å². The molecule has 0 atom stereocenters. The van der Waals surface area contributed by atoms with Crippen molar-refractivity contribution in [2.45, 2.75) is 6.92 Å². The van der Waals surface area contributed by atoms with Gasteiger partial charge in [0.1, 0.15) is 11.3 Å². The van der Waals surface area contributed by atoms with E-state index >= 15 is 0 Å². The van der Waals surface area contributed by atoms with Gasteiger partial charge in [-0.3, -0.25) is 4.79 Å². The van der Waals surface area contributed by atoms with Gasteiger partial charge in [0.05, 0.1) is 6.07 Å². The normalized spacial score (nSPS) is 10.3. The molecule has 4 nitrogen and oxygen atoms in total. The lowest BCUT2D eigenvalue weighted by atomic mass is 10.0. The quantitative estimate of drug-likeness (QED) is 0.847. The molecule has 0 aliphatic carbocycles. The summed E-state index contributed by atoms with van der Waals surface area (Å²) in [6.45, 7) is 1.29. The molecule has 0 saturated carbocycles. The molecule has 0 unspecified atom stereocenters. The summed E-state index contributed by atoms with van der Waals surface area (Å²) >= 11 is 5.76. The van der Waals surface area contributed by atoms with E-state index in [4.69, 9.17) is 16.0 Å². The van der Waals surface area contributed by atoms with Crippen molar-refractivity contribution in [2.75, 3.05) is 0 Å². The van der Waals surface area contributed by atoms with E-state index in [9.17, 15) is 14.7 Å². The van der Waals surface area contributed by atoms with Gasteiger partial charge in [-0.2, -0.15) is 0 Å². The Morgan fingerprint density at radius 2 is 1.89 bits per heavy atom. The van der Waals surface area contributed by atoms with Crippen LogP contribution in [0.25, 0.3) is 11.3 Å². The largest absolute Gasteiger partial charge is 0.507 e. The van der Waals surface area contributed by atoms with E-state index in [0.717, 1.165) is 6.07 Å². The van der Waals surface area contributed by atoms with Crippen molar-refractivity contribution in [1.29, 1.82) is 0 Å². The molecular formula is C13H9ClO4. The van der Waals surface area contributed by atoms with Crippen LogP contribution < -0.4 is 5.63 Å². The molecule has 0 fully saturated rings. The van der Waals surface area contributed by atoms with Crippen molar-refractivity contribution >= 4 is 17.4 Å². The average Bonchev–Trinajstić information content (AvgIpc) is 2.28. The summed E-state index contributed by atoms with van der Waals surface area (Å²) in [6, 6.07) is 7.28. The highest BCUT2D eigenvalue weighted by Gasteiger charge is 2.18. The van der Waals surface area contributed by atoms with Crippen LogP contribution in [0.4, 0.5) is 0 Å². The molecule has 0 spiro atoms. The fraction of sp³-hybridized carbons (Fsp3) is 0.0769. The molecule has 0 aliphatic heterocycles. The minimum absolute atomic E-state index is 0.0167. The maximum absolute atomic E-state index is 11.5. The monoisotopic (exact) mass is 264 g/mol. The van der Waals surface area contributed by atoms with Gasteiger partial charge in [-0.05, 0) is 31.2 Å². The lowest BCUT2D eigenvalue weighted by molar-refractivity contribution is 0.101. The third-order valence-electron chi connectivity index (χ3n) is 2.40. The Morgan fingerprint density at radius 1 is 1.28 bits per heavy atom. The van der Waals surface area contributed by atoms with Gasteiger partial charge in [0.25, 0.3) is 0 Å². The molecule has 2 aromatic rings. The minimum atomic E-state index is -0.720. The number of halogens is 1. The van der Waals surface area contributed by atoms with Gasteiger partial charge in [-0.25, -0.2) is 4.79 Å². The second-order valence-corrected chi connectivity index (χ2v) is 4.15. The van der Waals surface area contributed by atoms with Crippen LogP contribution >= 0.6 is 11.6 Å². The maximum atomic E-state index is 11.5. The molecule has 18 heavy (non-hydrogen) atoms. The lowest BCUT2D eigenvalue weighted by Gasteiger charge is -2.07. The average molecular weight is 265 g/mol. The van der Waals surface area contributed by atoms with E-state index in [1.807, 2.05) is 0 Å². The number of aromatic hydroxyl groups is 1. The molecule has 1 heterocycles. The van der Waals surface area contributed by atoms with Crippen LogP contribution in [0.2, 0.25) is 5.02 Å². The van der Waals surface area contributed by atoms with Gasteiger partial charge in [0, 0.05) is 10.6 Å². The Morgan fingerprint density at radius 3 is 2.44 bits per heavy atom. The number of rotatable bonds is 2. The Kier molecular flexibility index (Phi) is 3.21. The molecule has 0 saturated heterocycles. The van der Waals surface area contributed by atoms with E-state index in [1.54, 1.807) is 24.3 Å². The highest BCUT2D eigenvalue weighted by atomic mass is 35.5. The molecule has 0 bridgehead atoms. The Hall–Kier alpha value is -2.07. The first-order valence-electron chi connectivity index (χ1n) is 5.13. The highest BCUT2D eigenvalue weighted by Crippen LogP contribution is 2.29. The zero-order valence-electron chi connectivity index (χ0n) is 9.44. The lowest BCUT2D eigenvalue weighted by Crippen LogP contribution is -2.04. The Bertz CT molecular complexity index is 656. The van der Waals surface area contributed by atoms with Gasteiger partial charge in [-0.15, -0.1) is 0 Å². The van der Waals surface area contributed by atoms with Crippen LogP contribution in [-0.2, 0) is 0 Å². The van der Waals surface area contributed by atoms with Gasteiger partial charge in [0.2, 0.25) is 0 Å². The summed E-state index contributed by atoms with van der Waals surface area (Å²) in [7, 11) is 0. The van der Waals surface area contributed by atoms with Crippen molar-refractivity contribution in [3.63, 3.8) is 0 Å². The smallest absolute Gasteiger partial charge is 0.339 e. The SMILES string of the molecule is CC(=O)c1c(O)cc(=O)oc1-c1ccc(Cl)cc1. The first-order valence-corrected chi connectivity index (χ1v) is 5.51. The minimum Gasteiger partial charge on any atom is -0.507 e. The van der Waals surface area contributed by atoms with Crippen molar-refractivity contribution in [2.24, 2.45) is 0 Å². The highest BCUT2D eigenvalue weighted by molar-refractivity contribution is 6.30. The fourth-order valence-corrected chi connectivity index (χ4v) is 1.75. The van der Waals surface area contributed by atoms with E-state index in [0.29, 0.717) is 10.6 Å². The van der Waals surface area contributed by atoms with Crippen molar-refractivity contribution in [3.8, 4) is 17.1 Å². The summed E-state index contributed by atoms with van der Waals surface area (Å²) in [6.07, 6.45) is 0. The number of carbonyl (C=O) groups is 1. The number of carbonyl (C=O) groups excluding carboxylic acids is 1. The van der Waals surface area contributed by atoms with Gasteiger partial charge in [0.15, 0.2) is 11.5 Å². The fourth-order valence-electron chi connectivity index (χ4n) is 1.63. The predicted molar refractivity (Wildman–Crippen MR) is 67.1 cm³/mol. The maximum Gasteiger partial charge on any atom is 0.339 e. The van der Waals surface area contributed by atoms with Crippen LogP contribution in [0.1, 0.15) is 17.3 Å². The summed E-state index contributed by atoms with van der Waals surface area (Å²) in [5.74, 6) is -0.728. The van der Waals surface area contributed by atoms with E-state index in [-0.39, 0.29) is 22.9 Å². The summed E-state index contributed by atoms with van der Waals surface area (Å²) in [4.78, 5) is 22.8. The molecule has 0 aliphatic rings. The second kappa shape index (κ2) is 4.66. The van der Waals surface area contributed by atoms with E-state index < -0.39 is 5.63 Å². The molecule has 1 aromatic carbocycles. The summed E-state index contributed by atoms with van der Waals surface area (Å²) < 4.78 is 5.00. The standard InChI is InChI=1S/C13H9ClO4/c1-7(15)12-10(16)6-11(17)18-13(12)8-2-4-9(14)5-3-8/h2-6,16H,1H3. The Balaban J connectivity index is 2.73. The van der Waals surface area contributed by atoms with Crippen LogP contribution in [-0.4, -0.2) is 10.9 Å². The topological polar surface area (TPSA) is 67.5 Å². The summed E-state index contributed by atoms with van der Waals surface area (Å²) in [5, 5.41) is 10.2. The molecule has 92 valence electrons. The molecule has 1 N–H and O–H groups in total. The van der Waals surface area contributed by atoms with E-state index in [1.165, 1.54) is 6.92 Å². The number of ketones is 1. The van der Waals surface area contributed by atoms with Crippen LogP contribution in [0.15, 0.2) is 39.5 Å². The van der Waals surface area contributed by atoms with Crippen molar-refractivity contribution in [3.05, 3.63) is 51.3 Å². The number of hydrogen-bond donors (Lipinski definition) is 1. The van der Waals surface area contributed by atoms with E-state index in [2.05, 4.69) is 0 Å². The summed E-state index contributed by atoms with van der Waals surface area (Å²) in [5.41, 5.74) is -0.239. The number of hydrogen-bond acceptors (Lipinski definition) is 4. The van der Waals surface area contributed by atoms with Crippen LogP contribution in [0.3, 0.4) is 0 Å². The third-order valence-corrected chi connectivity index (χ3v) is 2.65. The van der Waals surface area contributed by atoms with Gasteiger partial charge >= 0.3 is 5.63 Å². The third kappa shape index (κ3) is 2.28. The number of benzene rings is 1. The first-order chi connectivity index (χ1) is 8.49. The molecular weight excluding hydrogens is 256 g/mol. The first kappa shape index (κ1) is 12.4. The molecule has 1 aromatic heterocycles. The predicted octanol–water partition coefficient (Wildman–Crippen LogP) is 2.87. The van der Waals surface area contributed by atoms with Crippen molar-refractivity contribution < 1.29 is 14.3 Å². The van der Waals surface area contributed by atoms with Gasteiger partial charge in [-0.1, -0.05) is 11.6 Å². The van der Waals surface area contributed by atoms with Crippen molar-refractivity contribution in [1.82, 2.24) is 0 Å². The van der Waals surface area contributed by atoms with Crippen LogP contribution in [0, 0.1) is 0 Å². The second-order valence-electron chi connectivity index (χ2n) is 3.72. The Labute approximate surface area is 107 Å². The van der Waals surface area contributed by atoms with Crippen LogP contribution in [0.5, 0.6) is 5.75 Å². The molecule has 0 amide bonds.